The van der Waals surface area contributed by atoms with Crippen molar-refractivity contribution in [3.8, 4) is 0 Å². The van der Waals surface area contributed by atoms with Crippen molar-refractivity contribution in [2.45, 2.75) is 20.8 Å². The summed E-state index contributed by atoms with van der Waals surface area (Å²) in [6, 6.07) is 13.1. The molecule has 2 rings (SSSR count). The molecule has 116 valence electrons. The molecule has 3 N–H and O–H groups in total. The van der Waals surface area contributed by atoms with Crippen LogP contribution in [0.2, 0.25) is 0 Å². The lowest BCUT2D eigenvalue weighted by Gasteiger charge is -2.24. The van der Waals surface area contributed by atoms with Gasteiger partial charge in [-0.25, -0.2) is 0 Å². The average molecular weight is 297 g/mol. The number of hydrogen-bond donors (Lipinski definition) is 2. The highest BCUT2D eigenvalue weighted by molar-refractivity contribution is 6.06. The molecule has 0 aliphatic rings. The second kappa shape index (κ2) is 6.98. The molecule has 0 heterocycles. The molecule has 0 aromatic heterocycles. The van der Waals surface area contributed by atoms with E-state index in [1.807, 2.05) is 43.3 Å². The molecule has 1 amide bonds. The summed E-state index contributed by atoms with van der Waals surface area (Å²) in [5.74, 6) is -0.126. The van der Waals surface area contributed by atoms with Crippen LogP contribution in [0, 0.1) is 6.92 Å². The van der Waals surface area contributed by atoms with Gasteiger partial charge in [0, 0.05) is 24.3 Å². The van der Waals surface area contributed by atoms with Crippen LogP contribution in [0.25, 0.3) is 0 Å². The normalized spacial score (nSPS) is 10.3. The Labute approximate surface area is 131 Å². The van der Waals surface area contributed by atoms with Crippen LogP contribution in [0.1, 0.15) is 29.8 Å². The summed E-state index contributed by atoms with van der Waals surface area (Å²) in [6.07, 6.45) is 0. The van der Waals surface area contributed by atoms with E-state index in [-0.39, 0.29) is 5.91 Å². The van der Waals surface area contributed by atoms with Crippen molar-refractivity contribution in [1.29, 1.82) is 0 Å². The van der Waals surface area contributed by atoms with Gasteiger partial charge in [0.25, 0.3) is 5.91 Å². The number of nitrogens with two attached hydrogens (primary N) is 1. The summed E-state index contributed by atoms with van der Waals surface area (Å²) >= 11 is 0. The number of anilines is 3. The number of benzene rings is 2. The van der Waals surface area contributed by atoms with Crippen LogP contribution in [0.3, 0.4) is 0 Å². The second-order valence-electron chi connectivity index (χ2n) is 5.27. The largest absolute Gasteiger partial charge is 0.399 e. The third-order valence-electron chi connectivity index (χ3n) is 3.69. The number of nitrogens with one attached hydrogen (secondary N) is 1. The number of aryl methyl sites for hydroxylation is 1. The van der Waals surface area contributed by atoms with Gasteiger partial charge in [0.05, 0.1) is 11.4 Å². The molecule has 0 atom stereocenters. The van der Waals surface area contributed by atoms with Gasteiger partial charge in [-0.2, -0.15) is 0 Å². The van der Waals surface area contributed by atoms with E-state index < -0.39 is 0 Å². The molecule has 0 bridgehead atoms. The van der Waals surface area contributed by atoms with Gasteiger partial charge in [0.15, 0.2) is 0 Å². The number of rotatable bonds is 5. The molecule has 2 aromatic carbocycles. The van der Waals surface area contributed by atoms with Crippen LogP contribution in [0.4, 0.5) is 17.1 Å². The summed E-state index contributed by atoms with van der Waals surface area (Å²) in [5, 5.41) is 2.98. The van der Waals surface area contributed by atoms with Gasteiger partial charge in [-0.15, -0.1) is 0 Å². The van der Waals surface area contributed by atoms with Gasteiger partial charge >= 0.3 is 0 Å². The van der Waals surface area contributed by atoms with E-state index in [2.05, 4.69) is 24.1 Å². The van der Waals surface area contributed by atoms with Crippen molar-refractivity contribution in [2.24, 2.45) is 0 Å². The van der Waals surface area contributed by atoms with Crippen LogP contribution >= 0.6 is 0 Å². The molecular weight excluding hydrogens is 274 g/mol. The Morgan fingerprint density at radius 3 is 2.32 bits per heavy atom. The van der Waals surface area contributed by atoms with E-state index >= 15 is 0 Å². The van der Waals surface area contributed by atoms with Crippen LogP contribution < -0.4 is 16.0 Å². The van der Waals surface area contributed by atoms with Crippen molar-refractivity contribution in [3.63, 3.8) is 0 Å². The van der Waals surface area contributed by atoms with Crippen LogP contribution in [0.15, 0.2) is 42.5 Å². The predicted octanol–water partition coefficient (Wildman–Crippen LogP) is 3.68. The average Bonchev–Trinajstić information content (AvgIpc) is 2.51. The molecule has 0 saturated heterocycles. The lowest BCUT2D eigenvalue weighted by atomic mass is 10.1. The molecule has 0 aliphatic carbocycles. The highest BCUT2D eigenvalue weighted by Crippen LogP contribution is 2.28. The Morgan fingerprint density at radius 2 is 1.73 bits per heavy atom. The zero-order valence-electron chi connectivity index (χ0n) is 13.4. The fourth-order valence-corrected chi connectivity index (χ4v) is 2.39. The summed E-state index contributed by atoms with van der Waals surface area (Å²) in [5.41, 5.74) is 10.0. The second-order valence-corrected chi connectivity index (χ2v) is 5.27. The van der Waals surface area contributed by atoms with E-state index in [9.17, 15) is 4.79 Å². The van der Waals surface area contributed by atoms with Crippen molar-refractivity contribution in [2.75, 3.05) is 29.0 Å². The van der Waals surface area contributed by atoms with E-state index in [1.54, 1.807) is 6.07 Å². The standard InChI is InChI=1S/C18H23N3O/c1-4-21(5-2)17-11-10-15(19)12-16(17)20-18(22)14-8-6-13(3)7-9-14/h6-12H,4-5,19H2,1-3H3,(H,20,22). The topological polar surface area (TPSA) is 58.4 Å². The number of carbonyl (C=O) groups excluding carboxylic acids is 1. The van der Waals surface area contributed by atoms with Crippen molar-refractivity contribution in [1.82, 2.24) is 0 Å². The molecule has 4 nitrogen and oxygen atoms in total. The SMILES string of the molecule is CCN(CC)c1ccc(N)cc1NC(=O)c1ccc(C)cc1. The van der Waals surface area contributed by atoms with Crippen LogP contribution in [-0.2, 0) is 0 Å². The predicted molar refractivity (Wildman–Crippen MR) is 93.5 cm³/mol. The highest BCUT2D eigenvalue weighted by Gasteiger charge is 2.12. The van der Waals surface area contributed by atoms with Crippen molar-refractivity contribution >= 4 is 23.0 Å². The minimum absolute atomic E-state index is 0.126. The molecule has 0 radical (unpaired) electrons. The molecule has 0 fully saturated rings. The van der Waals surface area contributed by atoms with Gasteiger partial charge < -0.3 is 16.0 Å². The van der Waals surface area contributed by atoms with Crippen LogP contribution in [0.5, 0.6) is 0 Å². The molecule has 0 aliphatic heterocycles. The monoisotopic (exact) mass is 297 g/mol. The molecular formula is C18H23N3O. The summed E-state index contributed by atoms with van der Waals surface area (Å²) in [4.78, 5) is 14.6. The maximum Gasteiger partial charge on any atom is 0.255 e. The zero-order chi connectivity index (χ0) is 16.1. The van der Waals surface area contributed by atoms with E-state index in [0.29, 0.717) is 11.3 Å². The Hall–Kier alpha value is -2.49. The van der Waals surface area contributed by atoms with Gasteiger partial charge in [0.1, 0.15) is 0 Å². The van der Waals surface area contributed by atoms with Gasteiger partial charge in [0.2, 0.25) is 0 Å². The number of amides is 1. The van der Waals surface area contributed by atoms with Gasteiger partial charge in [-0.1, -0.05) is 17.7 Å². The molecule has 0 spiro atoms. The Balaban J connectivity index is 2.29. The molecule has 2 aromatic rings. The zero-order valence-corrected chi connectivity index (χ0v) is 13.4. The smallest absolute Gasteiger partial charge is 0.255 e. The Morgan fingerprint density at radius 1 is 1.09 bits per heavy atom. The fraction of sp³-hybridized carbons (Fsp3) is 0.278. The maximum absolute atomic E-state index is 12.4. The van der Waals surface area contributed by atoms with Crippen molar-refractivity contribution < 1.29 is 4.79 Å². The number of nitrogens with zero attached hydrogens (tertiary/aromatic N) is 1. The third kappa shape index (κ3) is 3.58. The van der Waals surface area contributed by atoms with E-state index in [4.69, 9.17) is 5.73 Å². The highest BCUT2D eigenvalue weighted by atomic mass is 16.1. The first-order valence-corrected chi connectivity index (χ1v) is 7.57. The summed E-state index contributed by atoms with van der Waals surface area (Å²) in [7, 11) is 0. The first kappa shape index (κ1) is 15.9. The van der Waals surface area contributed by atoms with Gasteiger partial charge in [-0.05, 0) is 51.1 Å². The molecule has 22 heavy (non-hydrogen) atoms. The van der Waals surface area contributed by atoms with E-state index in [1.165, 1.54) is 0 Å². The first-order valence-electron chi connectivity index (χ1n) is 7.57. The minimum atomic E-state index is -0.126. The lowest BCUT2D eigenvalue weighted by Crippen LogP contribution is -2.24. The summed E-state index contributed by atoms with van der Waals surface area (Å²) in [6.45, 7) is 7.91. The number of hydrogen-bond acceptors (Lipinski definition) is 3. The third-order valence-corrected chi connectivity index (χ3v) is 3.69. The molecule has 0 unspecified atom stereocenters. The molecule has 0 saturated carbocycles. The summed E-state index contributed by atoms with van der Waals surface area (Å²) < 4.78 is 0. The van der Waals surface area contributed by atoms with Gasteiger partial charge in [-0.3, -0.25) is 4.79 Å². The minimum Gasteiger partial charge on any atom is -0.399 e. The quantitative estimate of drug-likeness (QED) is 0.828. The first-order chi connectivity index (χ1) is 10.5. The molecule has 4 heteroatoms. The Bertz CT molecular complexity index is 646. The maximum atomic E-state index is 12.4. The lowest BCUT2D eigenvalue weighted by molar-refractivity contribution is 0.102. The van der Waals surface area contributed by atoms with Crippen molar-refractivity contribution in [3.05, 3.63) is 53.6 Å². The number of carbonyl (C=O) groups is 1. The van der Waals surface area contributed by atoms with E-state index in [0.717, 1.165) is 30.0 Å². The van der Waals surface area contributed by atoms with Crippen LogP contribution in [-0.4, -0.2) is 19.0 Å². The number of nitrogen functional groups attached to an aromatic ring is 1. The Kier molecular flexibility index (Phi) is 5.04. The fourth-order valence-electron chi connectivity index (χ4n) is 2.39.